The molecule has 0 aliphatic rings. The van der Waals surface area contributed by atoms with Gasteiger partial charge in [-0.2, -0.15) is 0 Å². The fraction of sp³-hybridized carbons (Fsp3) is 0.0986. The number of para-hydroxylation sites is 4. The monoisotopic (exact) mass is 1030 g/mol. The van der Waals surface area contributed by atoms with Crippen molar-refractivity contribution in [2.24, 2.45) is 0 Å². The van der Waals surface area contributed by atoms with Crippen molar-refractivity contribution in [1.29, 1.82) is 0 Å². The third-order valence-electron chi connectivity index (χ3n) is 15.9. The Bertz CT molecular complexity index is 4330. The smallest absolute Gasteiger partial charge is 0.159 e. The van der Waals surface area contributed by atoms with Crippen molar-refractivity contribution >= 4 is 137 Å². The first-order valence-electron chi connectivity index (χ1n) is 26.9. The Morgan fingerprint density at radius 3 is 1.17 bits per heavy atom. The van der Waals surface area contributed by atoms with Crippen LogP contribution in [0.2, 0.25) is 39.3 Å². The summed E-state index contributed by atoms with van der Waals surface area (Å²) in [6, 6.07) is 83.2. The molecule has 0 saturated carbocycles. The summed E-state index contributed by atoms with van der Waals surface area (Å²) in [6.45, 7) is 16.9. The van der Waals surface area contributed by atoms with Gasteiger partial charge in [0, 0.05) is 48.8 Å². The Labute approximate surface area is 451 Å². The highest BCUT2D eigenvalue weighted by Crippen LogP contribution is 2.55. The van der Waals surface area contributed by atoms with Crippen molar-refractivity contribution in [3.63, 3.8) is 0 Å². The Hall–Kier alpha value is -8.69. The predicted octanol–water partition coefficient (Wildman–Crippen LogP) is 20.1. The van der Waals surface area contributed by atoms with E-state index in [1.54, 1.807) is 0 Å². The van der Waals surface area contributed by atoms with Gasteiger partial charge in [0.1, 0.15) is 11.2 Å². The van der Waals surface area contributed by atoms with Crippen LogP contribution in [0, 0.1) is 6.92 Å². The zero-order valence-corrected chi connectivity index (χ0v) is 46.6. The number of rotatable bonds is 10. The number of aryl methyl sites for hydroxylation is 1. The van der Waals surface area contributed by atoms with Gasteiger partial charge < -0.3 is 18.6 Å². The summed E-state index contributed by atoms with van der Waals surface area (Å²) in [4.78, 5) is 5.04. The molecule has 0 unspecified atom stereocenters. The molecule has 0 aliphatic carbocycles. The number of hydrogen-bond acceptors (Lipinski definition) is 4. The van der Waals surface area contributed by atoms with E-state index in [0.29, 0.717) is 0 Å². The standard InChI is InChI=1S/C71H58N2O2Si2/c1-45-40-48-32-36-56-64(72(62-28-18-26-54-52-24-14-16-30-66(52)74-70(54)62)60-38-34-50(76(2,3)4)42-58(60)46-20-10-8-11-21-46)44-65(57-37-33-49(41-45)68(48)69(56)57)73(63-29-19-27-55-53-25-15-17-31-67(53)75-71(55)63)61-39-35-51(77(5,6)7)43-59(61)47-22-12-9-13-23-47/h8-44H,1-7H3. The second kappa shape index (κ2) is 17.7. The van der Waals surface area contributed by atoms with Gasteiger partial charge in [-0.15, -0.1) is 0 Å². The molecule has 0 bridgehead atoms. The predicted molar refractivity (Wildman–Crippen MR) is 336 cm³/mol. The molecule has 77 heavy (non-hydrogen) atoms. The topological polar surface area (TPSA) is 32.8 Å². The number of benzene rings is 12. The molecule has 0 radical (unpaired) electrons. The van der Waals surface area contributed by atoms with Gasteiger partial charge in [-0.3, -0.25) is 0 Å². The van der Waals surface area contributed by atoms with Gasteiger partial charge in [0.2, 0.25) is 0 Å². The minimum absolute atomic E-state index is 0.835. The van der Waals surface area contributed by atoms with Gasteiger partial charge in [-0.1, -0.05) is 232 Å². The number of nitrogens with zero attached hydrogens (tertiary/aromatic N) is 2. The summed E-state index contributed by atoms with van der Waals surface area (Å²) in [6.07, 6.45) is 0. The first-order chi connectivity index (χ1) is 37.4. The Balaban J connectivity index is 1.18. The normalized spacial score (nSPS) is 12.4. The summed E-state index contributed by atoms with van der Waals surface area (Å²) < 4.78 is 14.2. The number of furan rings is 2. The first-order valence-corrected chi connectivity index (χ1v) is 33.9. The van der Waals surface area contributed by atoms with Crippen LogP contribution in [-0.4, -0.2) is 16.1 Å². The summed E-state index contributed by atoms with van der Waals surface area (Å²) >= 11 is 0. The minimum atomic E-state index is -1.81. The first kappa shape index (κ1) is 46.8. The van der Waals surface area contributed by atoms with Crippen LogP contribution >= 0.6 is 0 Å². The highest BCUT2D eigenvalue weighted by atomic mass is 28.3. The quantitative estimate of drug-likeness (QED) is 0.101. The van der Waals surface area contributed by atoms with E-state index in [1.165, 1.54) is 48.6 Å². The van der Waals surface area contributed by atoms with E-state index >= 15 is 0 Å². The van der Waals surface area contributed by atoms with E-state index < -0.39 is 16.1 Å². The van der Waals surface area contributed by atoms with E-state index in [1.807, 2.05) is 0 Å². The molecule has 0 aliphatic heterocycles. The van der Waals surface area contributed by atoms with Crippen molar-refractivity contribution < 1.29 is 8.83 Å². The molecule has 2 aromatic heterocycles. The second-order valence-electron chi connectivity index (χ2n) is 23.0. The molecule has 12 aromatic carbocycles. The fourth-order valence-electron chi connectivity index (χ4n) is 12.1. The van der Waals surface area contributed by atoms with Crippen LogP contribution in [0.5, 0.6) is 0 Å². The average Bonchev–Trinajstić information content (AvgIpc) is 4.18. The minimum Gasteiger partial charge on any atom is -0.454 e. The summed E-state index contributed by atoms with van der Waals surface area (Å²) in [7, 11) is -3.61. The summed E-state index contributed by atoms with van der Waals surface area (Å²) in [5, 5.41) is 14.3. The van der Waals surface area contributed by atoms with E-state index in [-0.39, 0.29) is 0 Å². The molecule has 0 fully saturated rings. The molecule has 372 valence electrons. The van der Waals surface area contributed by atoms with Crippen LogP contribution in [0.25, 0.3) is 98.4 Å². The molecular weight excluding hydrogens is 969 g/mol. The van der Waals surface area contributed by atoms with Crippen molar-refractivity contribution in [3.05, 3.63) is 230 Å². The molecule has 14 aromatic rings. The maximum atomic E-state index is 7.11. The molecule has 2 heterocycles. The zero-order valence-electron chi connectivity index (χ0n) is 44.6. The Kier molecular flexibility index (Phi) is 10.8. The van der Waals surface area contributed by atoms with Crippen LogP contribution < -0.4 is 20.2 Å². The fourth-order valence-corrected chi connectivity index (χ4v) is 14.4. The lowest BCUT2D eigenvalue weighted by Gasteiger charge is -2.34. The Morgan fingerprint density at radius 2 is 0.727 bits per heavy atom. The Morgan fingerprint density at radius 1 is 0.312 bits per heavy atom. The van der Waals surface area contributed by atoms with Gasteiger partial charge in [-0.25, -0.2) is 0 Å². The maximum Gasteiger partial charge on any atom is 0.159 e. The number of fused-ring (bicyclic) bond motifs is 6. The molecule has 0 saturated heterocycles. The second-order valence-corrected chi connectivity index (χ2v) is 33.1. The van der Waals surface area contributed by atoms with Gasteiger partial charge in [0.05, 0.1) is 50.3 Å². The van der Waals surface area contributed by atoms with E-state index in [4.69, 9.17) is 8.83 Å². The molecule has 6 heteroatoms. The third kappa shape index (κ3) is 7.68. The lowest BCUT2D eigenvalue weighted by molar-refractivity contribution is 0.669. The SMILES string of the molecule is Cc1cc2ccc3c(N(c4ccc([Si](C)(C)C)cc4-c4ccccc4)c4cccc5c4oc4ccccc45)cc(N(c4ccc([Si](C)(C)C)cc4-c4ccccc4)c4cccc5c4oc4ccccc45)c4ccc(c1)c2c34. The van der Waals surface area contributed by atoms with Gasteiger partial charge in [0.15, 0.2) is 11.2 Å². The van der Waals surface area contributed by atoms with Gasteiger partial charge in [0.25, 0.3) is 0 Å². The van der Waals surface area contributed by atoms with Crippen LogP contribution in [0.3, 0.4) is 0 Å². The summed E-state index contributed by atoms with van der Waals surface area (Å²) in [5.74, 6) is 0. The number of anilines is 6. The molecular formula is C71H58N2O2Si2. The van der Waals surface area contributed by atoms with E-state index in [9.17, 15) is 0 Å². The highest BCUT2D eigenvalue weighted by Gasteiger charge is 2.32. The molecule has 14 rings (SSSR count). The third-order valence-corrected chi connectivity index (χ3v) is 20.0. The van der Waals surface area contributed by atoms with E-state index in [2.05, 4.69) is 280 Å². The van der Waals surface area contributed by atoms with Crippen molar-refractivity contribution in [3.8, 4) is 22.3 Å². The van der Waals surface area contributed by atoms with Crippen molar-refractivity contribution in [2.45, 2.75) is 46.2 Å². The molecule has 0 N–H and O–H groups in total. The van der Waals surface area contributed by atoms with Crippen LogP contribution in [0.15, 0.2) is 233 Å². The molecule has 0 amide bonds. The van der Waals surface area contributed by atoms with Crippen LogP contribution in [0.4, 0.5) is 34.1 Å². The average molecular weight is 1030 g/mol. The lowest BCUT2D eigenvalue weighted by atomic mass is 9.90. The molecule has 0 spiro atoms. The van der Waals surface area contributed by atoms with Crippen LogP contribution in [-0.2, 0) is 0 Å². The highest BCUT2D eigenvalue weighted by molar-refractivity contribution is 6.89. The molecule has 0 atom stereocenters. The maximum absolute atomic E-state index is 7.11. The van der Waals surface area contributed by atoms with Gasteiger partial charge >= 0.3 is 0 Å². The van der Waals surface area contributed by atoms with Crippen molar-refractivity contribution in [1.82, 2.24) is 0 Å². The zero-order chi connectivity index (χ0) is 52.3. The lowest BCUT2D eigenvalue weighted by Crippen LogP contribution is -2.37. The van der Waals surface area contributed by atoms with Crippen molar-refractivity contribution in [2.75, 3.05) is 9.80 Å². The number of hydrogen-bond donors (Lipinski definition) is 0. The summed E-state index contributed by atoms with van der Waals surface area (Å²) in [5.41, 5.74) is 15.4. The van der Waals surface area contributed by atoms with Gasteiger partial charge in [-0.05, 0) is 82.2 Å². The van der Waals surface area contributed by atoms with Crippen LogP contribution in [0.1, 0.15) is 5.56 Å². The van der Waals surface area contributed by atoms with E-state index in [0.717, 1.165) is 99.9 Å². The largest absolute Gasteiger partial charge is 0.454 e. The molecule has 4 nitrogen and oxygen atoms in total.